The van der Waals surface area contributed by atoms with E-state index >= 15 is 0 Å². The van der Waals surface area contributed by atoms with E-state index in [0.29, 0.717) is 5.02 Å². The molecule has 0 radical (unpaired) electrons. The molecule has 1 nitrogen and oxygen atoms in total. The molecule has 0 heterocycles. The molecule has 0 fully saturated rings. The zero-order valence-corrected chi connectivity index (χ0v) is 8.51. The van der Waals surface area contributed by atoms with Gasteiger partial charge in [0.1, 0.15) is 5.82 Å². The van der Waals surface area contributed by atoms with E-state index < -0.39 is 5.82 Å². The number of hydrogen-bond acceptors (Lipinski definition) is 1. The molecule has 0 N–H and O–H groups in total. The Kier molecular flexibility index (Phi) is 3.84. The van der Waals surface area contributed by atoms with Crippen LogP contribution in [-0.2, 0) is 11.2 Å². The number of carbonyl (C=O) groups is 1. The van der Waals surface area contributed by atoms with Crippen molar-refractivity contribution in [1.82, 2.24) is 0 Å². The lowest BCUT2D eigenvalue weighted by Gasteiger charge is -2.02. The van der Waals surface area contributed by atoms with Crippen molar-refractivity contribution >= 4 is 17.4 Å². The molecule has 1 rings (SSSR count). The van der Waals surface area contributed by atoms with E-state index in [2.05, 4.69) is 0 Å². The van der Waals surface area contributed by atoms with Gasteiger partial charge in [-0.1, -0.05) is 23.7 Å². The first kappa shape index (κ1) is 10.9. The van der Waals surface area contributed by atoms with Crippen LogP contribution in [-0.4, -0.2) is 5.78 Å². The Morgan fingerprint density at radius 1 is 1.57 bits per heavy atom. The molecule has 1 aromatic rings. The fourth-order valence-corrected chi connectivity index (χ4v) is 1.35. The minimum atomic E-state index is -0.435. The summed E-state index contributed by atoms with van der Waals surface area (Å²) in [6.45, 7) is 1.74. The van der Waals surface area contributed by atoms with Crippen molar-refractivity contribution < 1.29 is 9.18 Å². The van der Waals surface area contributed by atoms with Gasteiger partial charge < -0.3 is 0 Å². The van der Waals surface area contributed by atoms with E-state index in [0.717, 1.165) is 0 Å². The zero-order valence-electron chi connectivity index (χ0n) is 7.76. The molecule has 74 valence electrons. The van der Waals surface area contributed by atoms with E-state index in [-0.39, 0.29) is 17.8 Å². The number of allylic oxidation sites excluding steroid dienone is 2. The molecule has 3 heteroatoms. The van der Waals surface area contributed by atoms with Gasteiger partial charge >= 0.3 is 0 Å². The lowest BCUT2D eigenvalue weighted by Crippen LogP contribution is -2.01. The fourth-order valence-electron chi connectivity index (χ4n) is 1.12. The second kappa shape index (κ2) is 4.91. The maximum Gasteiger partial charge on any atom is 0.159 e. The highest BCUT2D eigenvalue weighted by Gasteiger charge is 2.09. The van der Waals surface area contributed by atoms with Crippen molar-refractivity contribution in [2.75, 3.05) is 0 Å². The Morgan fingerprint density at radius 2 is 2.29 bits per heavy atom. The number of carbonyl (C=O) groups excluding carboxylic acids is 1. The molecule has 0 unspecified atom stereocenters. The van der Waals surface area contributed by atoms with Crippen LogP contribution in [0.4, 0.5) is 4.39 Å². The highest BCUT2D eigenvalue weighted by molar-refractivity contribution is 6.31. The van der Waals surface area contributed by atoms with E-state index in [9.17, 15) is 9.18 Å². The molecule has 0 aliphatic rings. The summed E-state index contributed by atoms with van der Waals surface area (Å²) in [5.74, 6) is -0.588. The highest BCUT2D eigenvalue weighted by atomic mass is 35.5. The number of halogens is 2. The van der Waals surface area contributed by atoms with Gasteiger partial charge in [-0.05, 0) is 25.1 Å². The van der Waals surface area contributed by atoms with E-state index in [1.807, 2.05) is 0 Å². The molecule has 0 bridgehead atoms. The number of rotatable bonds is 3. The predicted octanol–water partition coefficient (Wildman–Crippen LogP) is 3.17. The van der Waals surface area contributed by atoms with Gasteiger partial charge in [0.2, 0.25) is 0 Å². The van der Waals surface area contributed by atoms with Crippen LogP contribution in [0.5, 0.6) is 0 Å². The fraction of sp³-hybridized carbons (Fsp3) is 0.182. The zero-order chi connectivity index (χ0) is 10.6. The SMILES string of the molecule is C/C=C/C(=O)Cc1c(F)cccc1Cl. The second-order valence-corrected chi connectivity index (χ2v) is 3.25. The molecular formula is C11H10ClFO. The summed E-state index contributed by atoms with van der Waals surface area (Å²) >= 11 is 5.76. The summed E-state index contributed by atoms with van der Waals surface area (Å²) in [5, 5.41) is 0.294. The second-order valence-electron chi connectivity index (χ2n) is 2.84. The standard InChI is InChI=1S/C11H10ClFO/c1-2-4-8(14)7-9-10(12)5-3-6-11(9)13/h2-6H,7H2,1H3/b4-2+. The van der Waals surface area contributed by atoms with E-state index in [1.165, 1.54) is 18.2 Å². The van der Waals surface area contributed by atoms with Crippen LogP contribution >= 0.6 is 11.6 Å². The van der Waals surface area contributed by atoms with Gasteiger partial charge in [0, 0.05) is 17.0 Å². The molecule has 0 aliphatic heterocycles. The van der Waals surface area contributed by atoms with Crippen molar-refractivity contribution in [1.29, 1.82) is 0 Å². The van der Waals surface area contributed by atoms with Gasteiger partial charge in [-0.15, -0.1) is 0 Å². The first-order valence-corrected chi connectivity index (χ1v) is 4.61. The van der Waals surface area contributed by atoms with Crippen molar-refractivity contribution in [3.8, 4) is 0 Å². The summed E-state index contributed by atoms with van der Waals surface area (Å²) in [4.78, 5) is 11.2. The van der Waals surface area contributed by atoms with Crippen molar-refractivity contribution in [3.63, 3.8) is 0 Å². The van der Waals surface area contributed by atoms with Gasteiger partial charge in [0.15, 0.2) is 5.78 Å². The molecule has 0 aliphatic carbocycles. The third-order valence-corrected chi connectivity index (χ3v) is 2.12. The van der Waals surface area contributed by atoms with Crippen molar-refractivity contribution in [2.24, 2.45) is 0 Å². The minimum absolute atomic E-state index is 0.00977. The molecule has 0 saturated heterocycles. The average Bonchev–Trinajstić information content (AvgIpc) is 2.12. The van der Waals surface area contributed by atoms with Gasteiger partial charge in [0.25, 0.3) is 0 Å². The van der Waals surface area contributed by atoms with Crippen LogP contribution in [0.1, 0.15) is 12.5 Å². The van der Waals surface area contributed by atoms with Gasteiger partial charge in [0.05, 0.1) is 0 Å². The third kappa shape index (κ3) is 2.67. The van der Waals surface area contributed by atoms with Gasteiger partial charge in [-0.3, -0.25) is 4.79 Å². The summed E-state index contributed by atoms with van der Waals surface area (Å²) in [5.41, 5.74) is 0.261. The predicted molar refractivity (Wildman–Crippen MR) is 54.9 cm³/mol. The Balaban J connectivity index is 2.91. The van der Waals surface area contributed by atoms with Crippen LogP contribution in [0.2, 0.25) is 5.02 Å². The Hall–Kier alpha value is -1.15. The molecule has 0 atom stereocenters. The molecular weight excluding hydrogens is 203 g/mol. The number of benzene rings is 1. The molecule has 0 amide bonds. The van der Waals surface area contributed by atoms with Gasteiger partial charge in [-0.25, -0.2) is 4.39 Å². The normalized spacial score (nSPS) is 10.8. The summed E-state index contributed by atoms with van der Waals surface area (Å²) in [6, 6.07) is 4.38. The Bertz CT molecular complexity index is 351. The first-order chi connectivity index (χ1) is 6.65. The number of hydrogen-bond donors (Lipinski definition) is 0. The smallest absolute Gasteiger partial charge is 0.159 e. The van der Waals surface area contributed by atoms with Crippen molar-refractivity contribution in [3.05, 3.63) is 46.8 Å². The first-order valence-electron chi connectivity index (χ1n) is 4.23. The maximum atomic E-state index is 13.2. The minimum Gasteiger partial charge on any atom is -0.294 e. The van der Waals surface area contributed by atoms with Crippen LogP contribution in [0.15, 0.2) is 30.4 Å². The molecule has 1 aromatic carbocycles. The maximum absolute atomic E-state index is 13.2. The topological polar surface area (TPSA) is 17.1 Å². The Labute approximate surface area is 87.2 Å². The van der Waals surface area contributed by atoms with Crippen LogP contribution in [0.25, 0.3) is 0 Å². The largest absolute Gasteiger partial charge is 0.294 e. The number of ketones is 1. The molecule has 0 saturated carbocycles. The molecule has 14 heavy (non-hydrogen) atoms. The van der Waals surface area contributed by atoms with Crippen LogP contribution in [0.3, 0.4) is 0 Å². The Morgan fingerprint density at radius 3 is 2.86 bits per heavy atom. The highest BCUT2D eigenvalue weighted by Crippen LogP contribution is 2.19. The average molecular weight is 213 g/mol. The molecule has 0 aromatic heterocycles. The monoisotopic (exact) mass is 212 g/mol. The van der Waals surface area contributed by atoms with Crippen LogP contribution < -0.4 is 0 Å². The van der Waals surface area contributed by atoms with Crippen LogP contribution in [0, 0.1) is 5.82 Å². The van der Waals surface area contributed by atoms with Crippen molar-refractivity contribution in [2.45, 2.75) is 13.3 Å². The summed E-state index contributed by atoms with van der Waals surface area (Å²) < 4.78 is 13.2. The van der Waals surface area contributed by atoms with E-state index in [4.69, 9.17) is 11.6 Å². The van der Waals surface area contributed by atoms with Gasteiger partial charge in [-0.2, -0.15) is 0 Å². The lowest BCUT2D eigenvalue weighted by molar-refractivity contribution is -0.114. The summed E-state index contributed by atoms with van der Waals surface area (Å²) in [6.07, 6.45) is 3.04. The molecule has 0 spiro atoms. The summed E-state index contributed by atoms with van der Waals surface area (Å²) in [7, 11) is 0. The van der Waals surface area contributed by atoms with E-state index in [1.54, 1.807) is 19.1 Å². The third-order valence-electron chi connectivity index (χ3n) is 1.77. The lowest BCUT2D eigenvalue weighted by atomic mass is 10.1. The quantitative estimate of drug-likeness (QED) is 0.704.